The Morgan fingerprint density at radius 1 is 1.19 bits per heavy atom. The van der Waals surface area contributed by atoms with Crippen LogP contribution in [0.4, 0.5) is 23.0 Å². The Kier molecular flexibility index (Phi) is 9.70. The number of carbonyl (C=O) groups is 1. The molecule has 0 spiro atoms. The van der Waals surface area contributed by atoms with Crippen LogP contribution in [0.2, 0.25) is 5.02 Å². The molecule has 0 bridgehead atoms. The molecule has 43 heavy (non-hydrogen) atoms. The summed E-state index contributed by atoms with van der Waals surface area (Å²) in [4.78, 5) is 28.2. The molecule has 2 heterocycles. The fourth-order valence-corrected chi connectivity index (χ4v) is 5.61. The molecule has 1 saturated heterocycles. The lowest BCUT2D eigenvalue weighted by atomic mass is 10.2. The van der Waals surface area contributed by atoms with Gasteiger partial charge in [0.05, 0.1) is 51.4 Å². The monoisotopic (exact) mass is 620 g/mol. The van der Waals surface area contributed by atoms with E-state index in [9.17, 15) is 13.6 Å². The SMILES string of the molecule is CCN1CCCC1CN=[N+]=NC(=O)c1cccc(N(c2nc3ccccc3nc2Nc2cc(OC)ccc2Cl)S(=O)[O-])c1. The Bertz CT molecular complexity index is 1730. The van der Waals surface area contributed by atoms with Gasteiger partial charge in [-0.05, 0) is 68.4 Å². The molecule has 222 valence electrons. The van der Waals surface area contributed by atoms with Crippen molar-refractivity contribution in [3.63, 3.8) is 0 Å². The van der Waals surface area contributed by atoms with Gasteiger partial charge in [0, 0.05) is 12.1 Å². The number of fused-ring (bicyclic) bond motifs is 1. The molecule has 2 atom stereocenters. The fraction of sp³-hybridized carbons (Fsp3) is 0.276. The number of amides is 1. The van der Waals surface area contributed by atoms with Crippen LogP contribution in [0.5, 0.6) is 5.75 Å². The lowest BCUT2D eigenvalue weighted by molar-refractivity contribution is 0.0992. The highest BCUT2D eigenvalue weighted by atomic mass is 35.5. The molecule has 1 aliphatic rings. The van der Waals surface area contributed by atoms with Gasteiger partial charge in [-0.1, -0.05) is 36.7 Å². The Hall–Kier alpha value is -4.26. The lowest BCUT2D eigenvalue weighted by Gasteiger charge is -2.27. The second-order valence-corrected chi connectivity index (χ2v) is 10.9. The van der Waals surface area contributed by atoms with E-state index in [4.69, 9.17) is 16.3 Å². The minimum absolute atomic E-state index is 0.0378. The molecule has 2 unspecified atom stereocenters. The van der Waals surface area contributed by atoms with Gasteiger partial charge in [0.15, 0.2) is 11.6 Å². The largest absolute Gasteiger partial charge is 0.755 e. The third-order valence-corrected chi connectivity index (χ3v) is 8.06. The van der Waals surface area contributed by atoms with Crippen molar-refractivity contribution in [2.24, 2.45) is 10.2 Å². The smallest absolute Gasteiger partial charge is 0.360 e. The highest BCUT2D eigenvalue weighted by Crippen LogP contribution is 2.36. The van der Waals surface area contributed by atoms with Gasteiger partial charge in [-0.3, -0.25) is 18.2 Å². The molecule has 0 aliphatic carbocycles. The first kappa shape index (κ1) is 30.2. The van der Waals surface area contributed by atoms with E-state index in [-0.39, 0.29) is 22.9 Å². The van der Waals surface area contributed by atoms with E-state index in [1.54, 1.807) is 48.5 Å². The van der Waals surface area contributed by atoms with E-state index in [0.717, 1.165) is 30.2 Å². The number of para-hydroxylation sites is 2. The molecule has 1 amide bonds. The molecule has 1 aliphatic heterocycles. The van der Waals surface area contributed by atoms with Crippen molar-refractivity contribution in [3.8, 4) is 5.75 Å². The number of likely N-dealkylation sites (tertiary alicyclic amines) is 1. The minimum atomic E-state index is -2.87. The van der Waals surface area contributed by atoms with Crippen LogP contribution in [0.25, 0.3) is 11.0 Å². The summed E-state index contributed by atoms with van der Waals surface area (Å²) in [5.74, 6) is -0.0536. The van der Waals surface area contributed by atoms with Crippen LogP contribution in [-0.2, 0) is 11.3 Å². The predicted molar refractivity (Wildman–Crippen MR) is 165 cm³/mol. The van der Waals surface area contributed by atoms with Gasteiger partial charge in [-0.2, -0.15) is 0 Å². The Balaban J connectivity index is 1.49. The van der Waals surface area contributed by atoms with E-state index >= 15 is 0 Å². The first-order valence-corrected chi connectivity index (χ1v) is 15.0. The summed E-state index contributed by atoms with van der Waals surface area (Å²) in [7, 11) is 1.52. The van der Waals surface area contributed by atoms with Crippen molar-refractivity contribution < 1.29 is 18.3 Å². The molecule has 1 aromatic heterocycles. The number of nitrogens with zero attached hydrogens (tertiary/aromatic N) is 7. The van der Waals surface area contributed by atoms with E-state index < -0.39 is 17.2 Å². The molecule has 1 N–H and O–H groups in total. The van der Waals surface area contributed by atoms with Gasteiger partial charge in [0.25, 0.3) is 0 Å². The van der Waals surface area contributed by atoms with E-state index in [0.29, 0.717) is 40.1 Å². The van der Waals surface area contributed by atoms with Crippen molar-refractivity contribution in [2.75, 3.05) is 36.4 Å². The average molecular weight is 621 g/mol. The third-order valence-electron chi connectivity index (χ3n) is 7.04. The Labute approximate surface area is 255 Å². The summed E-state index contributed by atoms with van der Waals surface area (Å²) in [6.07, 6.45) is 2.14. The second-order valence-electron chi connectivity index (χ2n) is 9.66. The molecular formula is C29H29ClN8O4S. The summed E-state index contributed by atoms with van der Waals surface area (Å²) in [6, 6.07) is 18.3. The standard InChI is InChI=1S/C29H29ClN8O4S/c1-3-37-15-7-10-21(37)18-31-36-35-29(39)19-8-6-9-20(16-19)38(43(40)41)28-27(32-24-11-4-5-12-25(24)34-28)33-26-17-22(42-2)13-14-23(26)30/h4-6,8-9,11-14,16-17,21H,3,7,10,15,18H2,1-2H3,(H-,32,33,40,41). The van der Waals surface area contributed by atoms with Gasteiger partial charge < -0.3 is 14.6 Å². The number of benzene rings is 3. The second kappa shape index (κ2) is 13.8. The number of ether oxygens (including phenoxy) is 1. The van der Waals surface area contributed by atoms with Crippen LogP contribution in [0.15, 0.2) is 77.0 Å². The van der Waals surface area contributed by atoms with Gasteiger partial charge >= 0.3 is 5.91 Å². The molecule has 0 saturated carbocycles. The molecule has 3 aromatic carbocycles. The predicted octanol–water partition coefficient (Wildman–Crippen LogP) is 5.56. The number of likely N-dealkylation sites (N-methyl/N-ethyl adjacent to an activating group) is 1. The summed E-state index contributed by atoms with van der Waals surface area (Å²) in [5, 5.41) is 11.3. The normalized spacial score (nSPS) is 15.5. The number of nitrogens with one attached hydrogen (secondary N) is 1. The maximum atomic E-state index is 12.9. The van der Waals surface area contributed by atoms with Crippen LogP contribution >= 0.6 is 11.6 Å². The zero-order valence-corrected chi connectivity index (χ0v) is 25.1. The summed E-state index contributed by atoms with van der Waals surface area (Å²) in [5.41, 5.74) is 1.68. The van der Waals surface area contributed by atoms with Crippen LogP contribution in [0, 0.1) is 0 Å². The van der Waals surface area contributed by atoms with Crippen LogP contribution in [-0.4, -0.2) is 62.3 Å². The van der Waals surface area contributed by atoms with Crippen LogP contribution in [0.3, 0.4) is 0 Å². The van der Waals surface area contributed by atoms with E-state index in [1.165, 1.54) is 25.3 Å². The number of anilines is 4. The van der Waals surface area contributed by atoms with Crippen molar-refractivity contribution in [2.45, 2.75) is 25.8 Å². The molecule has 1 fully saturated rings. The quantitative estimate of drug-likeness (QED) is 0.137. The van der Waals surface area contributed by atoms with Crippen molar-refractivity contribution in [3.05, 3.63) is 77.3 Å². The lowest BCUT2D eigenvalue weighted by Crippen LogP contribution is -2.31. The minimum Gasteiger partial charge on any atom is -0.755 e. The number of methoxy groups -OCH3 is 1. The number of hydrogen-bond acceptors (Lipinski definition) is 9. The zero-order chi connectivity index (χ0) is 30.3. The molecule has 0 radical (unpaired) electrons. The molecule has 12 nitrogen and oxygen atoms in total. The van der Waals surface area contributed by atoms with Gasteiger partial charge in [-0.25, -0.2) is 9.97 Å². The average Bonchev–Trinajstić information content (AvgIpc) is 3.48. The first-order valence-electron chi connectivity index (χ1n) is 13.6. The van der Waals surface area contributed by atoms with Gasteiger partial charge in [0.2, 0.25) is 10.0 Å². The van der Waals surface area contributed by atoms with Crippen molar-refractivity contribution in [1.29, 1.82) is 0 Å². The Morgan fingerprint density at radius 3 is 2.72 bits per heavy atom. The van der Waals surface area contributed by atoms with Gasteiger partial charge in [0.1, 0.15) is 17.4 Å². The highest BCUT2D eigenvalue weighted by molar-refractivity contribution is 7.81. The summed E-state index contributed by atoms with van der Waals surface area (Å²) >= 11 is 3.56. The van der Waals surface area contributed by atoms with Crippen molar-refractivity contribution in [1.82, 2.24) is 19.8 Å². The van der Waals surface area contributed by atoms with Crippen LogP contribution < -0.4 is 19.3 Å². The van der Waals surface area contributed by atoms with Crippen molar-refractivity contribution >= 4 is 62.8 Å². The number of aromatic nitrogens is 2. The number of carbonyl (C=O) groups excluding carboxylic acids is 1. The number of halogens is 1. The number of hydrogen-bond donors (Lipinski definition) is 1. The molecule has 5 rings (SSSR count). The summed E-state index contributed by atoms with van der Waals surface area (Å²) < 4.78 is 31.7. The molecular weight excluding hydrogens is 592 g/mol. The molecule has 4 aromatic rings. The van der Waals surface area contributed by atoms with Crippen LogP contribution in [0.1, 0.15) is 30.1 Å². The molecule has 14 heteroatoms. The highest BCUT2D eigenvalue weighted by Gasteiger charge is 2.25. The van der Waals surface area contributed by atoms with E-state index in [1.807, 2.05) is 0 Å². The topological polar surface area (TPSA) is 150 Å². The number of rotatable bonds is 10. The first-order chi connectivity index (χ1) is 20.9. The zero-order valence-electron chi connectivity index (χ0n) is 23.5. The Morgan fingerprint density at radius 2 is 1.98 bits per heavy atom. The van der Waals surface area contributed by atoms with E-state index in [2.05, 4.69) is 42.2 Å². The maximum absolute atomic E-state index is 12.9. The third kappa shape index (κ3) is 7.04. The fourth-order valence-electron chi connectivity index (χ4n) is 4.89. The van der Waals surface area contributed by atoms with Gasteiger partial charge in [-0.15, -0.1) is 0 Å². The summed E-state index contributed by atoms with van der Waals surface area (Å²) in [6.45, 7) is 4.53. The maximum Gasteiger partial charge on any atom is 0.360 e.